The van der Waals surface area contributed by atoms with Crippen LogP contribution in [0, 0.1) is 5.92 Å². The number of nitrogens with one attached hydrogen (secondary N) is 2. The summed E-state index contributed by atoms with van der Waals surface area (Å²) in [7, 11) is 0. The lowest BCUT2D eigenvalue weighted by atomic mass is 10.1. The van der Waals surface area contributed by atoms with Crippen LogP contribution in [0.1, 0.15) is 25.7 Å². The number of aromatic amines is 1. The second-order valence-corrected chi connectivity index (χ2v) is 6.93. The maximum atomic E-state index is 6.32. The molecule has 23 heavy (non-hydrogen) atoms. The minimum atomic E-state index is 0.782. The van der Waals surface area contributed by atoms with Crippen LogP contribution >= 0.6 is 11.6 Å². The fraction of sp³-hybridized carbons (Fsp3) is 0.300. The maximum Gasteiger partial charge on any atom is 0.0695 e. The molecule has 1 aliphatic carbocycles. The van der Waals surface area contributed by atoms with Crippen molar-refractivity contribution in [1.82, 2.24) is 4.98 Å². The fourth-order valence-electron chi connectivity index (χ4n) is 3.59. The molecule has 1 aromatic heterocycles. The normalized spacial score (nSPS) is 15.3. The number of H-pyrrole nitrogens is 1. The summed E-state index contributed by atoms with van der Waals surface area (Å²) >= 11 is 6.32. The highest BCUT2D eigenvalue weighted by Gasteiger charge is 2.15. The van der Waals surface area contributed by atoms with Crippen molar-refractivity contribution in [2.24, 2.45) is 5.92 Å². The Morgan fingerprint density at radius 3 is 2.61 bits per heavy atom. The molecule has 1 aliphatic rings. The van der Waals surface area contributed by atoms with Gasteiger partial charge in [0, 0.05) is 22.6 Å². The van der Waals surface area contributed by atoms with Gasteiger partial charge in [-0.1, -0.05) is 54.8 Å². The average molecular weight is 325 g/mol. The van der Waals surface area contributed by atoms with E-state index >= 15 is 0 Å². The SMILES string of the molecule is Clc1cc(NCC2CCCC2)c2[nH]c(-c3ccccc3)cc2c1. The minimum Gasteiger partial charge on any atom is -0.383 e. The Balaban J connectivity index is 1.67. The number of anilines is 1. The summed E-state index contributed by atoms with van der Waals surface area (Å²) in [6.07, 6.45) is 5.43. The van der Waals surface area contributed by atoms with Crippen LogP contribution in [0.4, 0.5) is 5.69 Å². The van der Waals surface area contributed by atoms with Crippen molar-refractivity contribution >= 4 is 28.2 Å². The van der Waals surface area contributed by atoms with E-state index in [0.29, 0.717) is 0 Å². The van der Waals surface area contributed by atoms with Crippen molar-refractivity contribution in [3.05, 3.63) is 53.6 Å². The lowest BCUT2D eigenvalue weighted by molar-refractivity contribution is 0.580. The Morgan fingerprint density at radius 1 is 1.04 bits per heavy atom. The van der Waals surface area contributed by atoms with Crippen LogP contribution in [0.5, 0.6) is 0 Å². The molecule has 0 atom stereocenters. The topological polar surface area (TPSA) is 27.8 Å². The van der Waals surface area contributed by atoms with E-state index in [1.807, 2.05) is 18.2 Å². The van der Waals surface area contributed by atoms with Gasteiger partial charge in [-0.2, -0.15) is 0 Å². The van der Waals surface area contributed by atoms with Crippen molar-refractivity contribution in [1.29, 1.82) is 0 Å². The van der Waals surface area contributed by atoms with Crippen LogP contribution in [0.15, 0.2) is 48.5 Å². The Labute approximate surface area is 141 Å². The van der Waals surface area contributed by atoms with Gasteiger partial charge in [-0.25, -0.2) is 0 Å². The first kappa shape index (κ1) is 14.6. The van der Waals surface area contributed by atoms with Gasteiger partial charge >= 0.3 is 0 Å². The number of aromatic nitrogens is 1. The van der Waals surface area contributed by atoms with Crippen molar-refractivity contribution < 1.29 is 0 Å². The van der Waals surface area contributed by atoms with E-state index in [1.54, 1.807) is 0 Å². The van der Waals surface area contributed by atoms with E-state index in [4.69, 9.17) is 11.6 Å². The van der Waals surface area contributed by atoms with E-state index in [9.17, 15) is 0 Å². The van der Waals surface area contributed by atoms with Gasteiger partial charge < -0.3 is 10.3 Å². The molecule has 2 N–H and O–H groups in total. The largest absolute Gasteiger partial charge is 0.383 e. The predicted octanol–water partition coefficient (Wildman–Crippen LogP) is 6.09. The van der Waals surface area contributed by atoms with Crippen LogP contribution in [-0.2, 0) is 0 Å². The molecule has 0 amide bonds. The lowest BCUT2D eigenvalue weighted by Crippen LogP contribution is -2.11. The molecule has 3 heteroatoms. The molecule has 1 heterocycles. The fourth-order valence-corrected chi connectivity index (χ4v) is 3.82. The zero-order valence-electron chi connectivity index (χ0n) is 13.1. The van der Waals surface area contributed by atoms with Gasteiger partial charge in [0.05, 0.1) is 11.2 Å². The third-order valence-electron chi connectivity index (χ3n) is 4.83. The first-order valence-electron chi connectivity index (χ1n) is 8.41. The second kappa shape index (κ2) is 6.29. The van der Waals surface area contributed by atoms with Crippen molar-refractivity contribution in [3.63, 3.8) is 0 Å². The Morgan fingerprint density at radius 2 is 1.83 bits per heavy atom. The number of rotatable bonds is 4. The van der Waals surface area contributed by atoms with Crippen molar-refractivity contribution in [2.75, 3.05) is 11.9 Å². The van der Waals surface area contributed by atoms with Crippen LogP contribution < -0.4 is 5.32 Å². The van der Waals surface area contributed by atoms with Gasteiger partial charge in [0.25, 0.3) is 0 Å². The highest BCUT2D eigenvalue weighted by molar-refractivity contribution is 6.32. The summed E-state index contributed by atoms with van der Waals surface area (Å²) in [6.45, 7) is 1.04. The number of hydrogen-bond donors (Lipinski definition) is 2. The highest BCUT2D eigenvalue weighted by atomic mass is 35.5. The molecular formula is C20H21ClN2. The molecule has 4 rings (SSSR count). The van der Waals surface area contributed by atoms with Gasteiger partial charge in [0.15, 0.2) is 0 Å². The zero-order valence-corrected chi connectivity index (χ0v) is 13.9. The Kier molecular flexibility index (Phi) is 4.00. The predicted molar refractivity (Wildman–Crippen MR) is 99.2 cm³/mol. The molecule has 0 radical (unpaired) electrons. The number of hydrogen-bond acceptors (Lipinski definition) is 1. The van der Waals surface area contributed by atoms with E-state index in [1.165, 1.54) is 31.2 Å². The summed E-state index contributed by atoms with van der Waals surface area (Å²) in [5, 5.41) is 5.56. The smallest absolute Gasteiger partial charge is 0.0695 e. The van der Waals surface area contributed by atoms with Gasteiger partial charge in [0.2, 0.25) is 0 Å². The third-order valence-corrected chi connectivity index (χ3v) is 5.05. The van der Waals surface area contributed by atoms with Gasteiger partial charge in [-0.05, 0) is 42.5 Å². The average Bonchev–Trinajstić information content (AvgIpc) is 3.22. The van der Waals surface area contributed by atoms with Crippen LogP contribution in [0.3, 0.4) is 0 Å². The molecule has 1 saturated carbocycles. The quantitative estimate of drug-likeness (QED) is 0.597. The van der Waals surface area contributed by atoms with E-state index in [-0.39, 0.29) is 0 Å². The summed E-state index contributed by atoms with van der Waals surface area (Å²) in [5.74, 6) is 0.799. The molecule has 0 unspecified atom stereocenters. The second-order valence-electron chi connectivity index (χ2n) is 6.50. The third kappa shape index (κ3) is 3.09. The molecule has 118 valence electrons. The van der Waals surface area contributed by atoms with Crippen molar-refractivity contribution in [3.8, 4) is 11.3 Å². The van der Waals surface area contributed by atoms with E-state index in [0.717, 1.165) is 39.8 Å². The van der Waals surface area contributed by atoms with Crippen LogP contribution in [0.2, 0.25) is 5.02 Å². The molecule has 0 saturated heterocycles. The highest BCUT2D eigenvalue weighted by Crippen LogP contribution is 2.33. The van der Waals surface area contributed by atoms with Crippen LogP contribution in [0.25, 0.3) is 22.2 Å². The Bertz CT molecular complexity index is 801. The Hall–Kier alpha value is -1.93. The molecule has 0 spiro atoms. The number of fused-ring (bicyclic) bond motifs is 1. The first-order valence-corrected chi connectivity index (χ1v) is 8.79. The summed E-state index contributed by atoms with van der Waals surface area (Å²) in [6, 6.07) is 16.6. The molecule has 1 fully saturated rings. The molecular weight excluding hydrogens is 304 g/mol. The zero-order chi connectivity index (χ0) is 15.6. The van der Waals surface area contributed by atoms with E-state index in [2.05, 4.69) is 40.6 Å². The monoisotopic (exact) mass is 324 g/mol. The van der Waals surface area contributed by atoms with Gasteiger partial charge in [-0.3, -0.25) is 0 Å². The first-order chi connectivity index (χ1) is 11.3. The van der Waals surface area contributed by atoms with Crippen LogP contribution in [-0.4, -0.2) is 11.5 Å². The van der Waals surface area contributed by atoms with Gasteiger partial charge in [0.1, 0.15) is 0 Å². The molecule has 0 bridgehead atoms. The lowest BCUT2D eigenvalue weighted by Gasteiger charge is -2.13. The number of benzene rings is 2. The standard InChI is InChI=1S/C20H21ClN2/c21-17-10-16-11-18(15-8-2-1-3-9-15)23-20(16)19(12-17)22-13-14-6-4-5-7-14/h1-3,8-12,14,22-23H,4-7,13H2. The van der Waals surface area contributed by atoms with Gasteiger partial charge in [-0.15, -0.1) is 0 Å². The summed E-state index contributed by atoms with van der Waals surface area (Å²) < 4.78 is 0. The number of halogens is 1. The summed E-state index contributed by atoms with van der Waals surface area (Å²) in [5.41, 5.74) is 4.58. The molecule has 0 aliphatic heterocycles. The summed E-state index contributed by atoms with van der Waals surface area (Å²) in [4.78, 5) is 3.56. The maximum absolute atomic E-state index is 6.32. The molecule has 3 aromatic rings. The molecule has 2 nitrogen and oxygen atoms in total. The van der Waals surface area contributed by atoms with E-state index < -0.39 is 0 Å². The van der Waals surface area contributed by atoms with Crippen molar-refractivity contribution in [2.45, 2.75) is 25.7 Å². The molecule has 2 aromatic carbocycles. The minimum absolute atomic E-state index is 0.782.